The molecule has 0 aromatic heterocycles. The zero-order chi connectivity index (χ0) is 30.2. The maximum Gasteiger partial charge on any atom is 0.303 e. The van der Waals surface area contributed by atoms with Crippen LogP contribution >= 0.6 is 15.9 Å². The third-order valence-electron chi connectivity index (χ3n) is 7.45. The van der Waals surface area contributed by atoms with Crippen molar-refractivity contribution in [3.05, 3.63) is 33.3 Å². The van der Waals surface area contributed by atoms with E-state index in [0.717, 1.165) is 72.5 Å². The van der Waals surface area contributed by atoms with Gasteiger partial charge in [0.2, 0.25) is 0 Å². The van der Waals surface area contributed by atoms with Crippen molar-refractivity contribution in [2.75, 3.05) is 33.0 Å². The molecule has 6 atom stereocenters. The van der Waals surface area contributed by atoms with Crippen molar-refractivity contribution in [3.63, 3.8) is 0 Å². The van der Waals surface area contributed by atoms with Gasteiger partial charge in [0.05, 0.1) is 6.61 Å². The molecule has 0 spiro atoms. The molecule has 236 valence electrons. The van der Waals surface area contributed by atoms with Crippen LogP contribution in [0.3, 0.4) is 0 Å². The highest BCUT2D eigenvalue weighted by Crippen LogP contribution is 2.40. The van der Waals surface area contributed by atoms with Crippen LogP contribution in [0.25, 0.3) is 0 Å². The van der Waals surface area contributed by atoms with Gasteiger partial charge in [-0.05, 0) is 62.8 Å². The Labute approximate surface area is 257 Å². The number of benzene rings is 1. The summed E-state index contributed by atoms with van der Waals surface area (Å²) in [5.41, 5.74) is 2.96. The summed E-state index contributed by atoms with van der Waals surface area (Å²) in [6, 6.07) is 4.09. The molecule has 0 aliphatic carbocycles. The van der Waals surface area contributed by atoms with E-state index in [1.807, 2.05) is 26.0 Å². The Morgan fingerprint density at radius 2 is 1.29 bits per heavy atom. The monoisotopic (exact) mass is 642 g/mol. The van der Waals surface area contributed by atoms with Crippen LogP contribution in [-0.2, 0) is 33.2 Å². The lowest BCUT2D eigenvalue weighted by Crippen LogP contribution is -2.63. The van der Waals surface area contributed by atoms with Gasteiger partial charge in [-0.25, -0.2) is 0 Å². The van der Waals surface area contributed by atoms with E-state index in [2.05, 4.69) is 43.6 Å². The molecule has 1 heterocycles. The molecule has 1 aromatic rings. The number of carbonyl (C=O) groups excluding carboxylic acids is 1. The molecule has 8 heteroatoms. The van der Waals surface area contributed by atoms with Gasteiger partial charge in [-0.1, -0.05) is 69.3 Å². The second-order valence-corrected chi connectivity index (χ2v) is 12.0. The average molecular weight is 644 g/mol. The number of hydrogen-bond acceptors (Lipinski definition) is 7. The first-order valence-corrected chi connectivity index (χ1v) is 16.6. The quantitative estimate of drug-likeness (QED) is 0.106. The number of ether oxygens (including phenoxy) is 6. The molecule has 0 radical (unpaired) electrons. The van der Waals surface area contributed by atoms with E-state index in [1.54, 1.807) is 0 Å². The lowest BCUT2D eigenvalue weighted by atomic mass is 9.86. The average Bonchev–Trinajstić information content (AvgIpc) is 2.91. The Bertz CT molecular complexity index is 856. The SMILES string of the molecule is CCCCOCC1O[C@H]([C@H](OC(C)=O)c2c(C)cc(Br)cc2C)C(OCCCC)C(OCCCC)[C@@H]1OCCCC. The van der Waals surface area contributed by atoms with E-state index in [9.17, 15) is 4.79 Å². The lowest BCUT2D eigenvalue weighted by Gasteiger charge is -2.48. The van der Waals surface area contributed by atoms with Crippen molar-refractivity contribution >= 4 is 21.9 Å². The second-order valence-electron chi connectivity index (χ2n) is 11.1. The Kier molecular flexibility index (Phi) is 17.7. The number of aryl methyl sites for hydroxylation is 2. The molecule has 7 nitrogen and oxygen atoms in total. The highest BCUT2D eigenvalue weighted by molar-refractivity contribution is 9.10. The molecule has 41 heavy (non-hydrogen) atoms. The number of hydrogen-bond donors (Lipinski definition) is 0. The smallest absolute Gasteiger partial charge is 0.303 e. The third kappa shape index (κ3) is 11.5. The molecule has 1 aliphatic heterocycles. The summed E-state index contributed by atoms with van der Waals surface area (Å²) in [4.78, 5) is 12.6. The number of carbonyl (C=O) groups is 1. The van der Waals surface area contributed by atoms with E-state index < -0.39 is 30.5 Å². The van der Waals surface area contributed by atoms with Crippen molar-refractivity contribution in [2.45, 2.75) is 136 Å². The van der Waals surface area contributed by atoms with Crippen molar-refractivity contribution in [3.8, 4) is 0 Å². The number of esters is 1. The topological polar surface area (TPSA) is 72.5 Å². The van der Waals surface area contributed by atoms with Gasteiger partial charge in [-0.15, -0.1) is 0 Å². The van der Waals surface area contributed by atoms with Crippen LogP contribution in [0.15, 0.2) is 16.6 Å². The standard InChI is InChI=1S/C33H55BrO7/c1-8-12-16-36-22-27-29(37-17-13-9-2)31(38-18-14-10-3)32(39-19-15-11-4)33(41-27)30(40-25(7)35)28-23(5)20-26(34)21-24(28)6/h20-21,27,29-33H,8-19,22H2,1-7H3/t27?,29-,30-,31?,32?,33-/m1/s1. The fourth-order valence-corrected chi connectivity index (χ4v) is 5.97. The van der Waals surface area contributed by atoms with Gasteiger partial charge in [-0.3, -0.25) is 4.79 Å². The van der Waals surface area contributed by atoms with Crippen LogP contribution in [0.2, 0.25) is 0 Å². The van der Waals surface area contributed by atoms with Gasteiger partial charge >= 0.3 is 5.97 Å². The van der Waals surface area contributed by atoms with Crippen LogP contribution in [0, 0.1) is 13.8 Å². The molecule has 1 aromatic carbocycles. The summed E-state index contributed by atoms with van der Waals surface area (Å²) in [5, 5.41) is 0. The van der Waals surface area contributed by atoms with Crippen molar-refractivity contribution in [1.29, 1.82) is 0 Å². The highest BCUT2D eigenvalue weighted by atomic mass is 79.9. The summed E-state index contributed by atoms with van der Waals surface area (Å²) < 4.78 is 39.9. The Morgan fingerprint density at radius 3 is 1.80 bits per heavy atom. The molecule has 0 amide bonds. The van der Waals surface area contributed by atoms with Crippen LogP contribution < -0.4 is 0 Å². The van der Waals surface area contributed by atoms with Crippen molar-refractivity contribution in [1.82, 2.24) is 0 Å². The first kappa shape index (κ1) is 36.2. The zero-order valence-electron chi connectivity index (χ0n) is 26.5. The van der Waals surface area contributed by atoms with Gasteiger partial charge in [0.1, 0.15) is 30.5 Å². The molecule has 2 rings (SSSR count). The Morgan fingerprint density at radius 1 is 0.805 bits per heavy atom. The summed E-state index contributed by atoms with van der Waals surface area (Å²) in [6.45, 7) is 16.9. The molecule has 1 fully saturated rings. The fraction of sp³-hybridized carbons (Fsp3) is 0.788. The Hall–Kier alpha value is -1.03. The van der Waals surface area contributed by atoms with Gasteiger partial charge in [0.15, 0.2) is 6.10 Å². The van der Waals surface area contributed by atoms with Gasteiger partial charge in [0.25, 0.3) is 0 Å². The van der Waals surface area contributed by atoms with Crippen LogP contribution in [0.5, 0.6) is 0 Å². The molecule has 0 bridgehead atoms. The highest BCUT2D eigenvalue weighted by Gasteiger charge is 2.52. The van der Waals surface area contributed by atoms with E-state index >= 15 is 0 Å². The van der Waals surface area contributed by atoms with Gasteiger partial charge < -0.3 is 28.4 Å². The molecule has 1 saturated heterocycles. The van der Waals surface area contributed by atoms with Crippen LogP contribution in [-0.4, -0.2) is 69.5 Å². The zero-order valence-corrected chi connectivity index (χ0v) is 28.1. The second kappa shape index (κ2) is 20.0. The molecular formula is C33H55BrO7. The van der Waals surface area contributed by atoms with Crippen molar-refractivity contribution < 1.29 is 33.2 Å². The first-order valence-electron chi connectivity index (χ1n) is 15.8. The van der Waals surface area contributed by atoms with Crippen LogP contribution in [0.4, 0.5) is 0 Å². The largest absolute Gasteiger partial charge is 0.455 e. The summed E-state index contributed by atoms with van der Waals surface area (Å²) in [5.74, 6) is -0.367. The summed E-state index contributed by atoms with van der Waals surface area (Å²) in [6.07, 6.45) is 4.91. The van der Waals surface area contributed by atoms with Crippen LogP contribution in [0.1, 0.15) is 109 Å². The Balaban J connectivity index is 2.62. The lowest BCUT2D eigenvalue weighted by molar-refractivity contribution is -0.283. The third-order valence-corrected chi connectivity index (χ3v) is 7.91. The molecule has 1 aliphatic rings. The predicted octanol–water partition coefficient (Wildman–Crippen LogP) is 7.81. The van der Waals surface area contributed by atoms with E-state index in [-0.39, 0.29) is 12.1 Å². The minimum Gasteiger partial charge on any atom is -0.455 e. The summed E-state index contributed by atoms with van der Waals surface area (Å²) >= 11 is 3.61. The first-order chi connectivity index (χ1) is 19.8. The number of rotatable bonds is 20. The van der Waals surface area contributed by atoms with E-state index in [0.29, 0.717) is 33.0 Å². The molecule has 0 saturated carbocycles. The molecule has 0 N–H and O–H groups in total. The normalized spacial score (nSPS) is 23.5. The fourth-order valence-electron chi connectivity index (χ4n) is 5.28. The van der Waals surface area contributed by atoms with E-state index in [4.69, 9.17) is 28.4 Å². The molecular weight excluding hydrogens is 588 g/mol. The number of unbranched alkanes of at least 4 members (excludes halogenated alkanes) is 4. The summed E-state index contributed by atoms with van der Waals surface area (Å²) in [7, 11) is 0. The number of halogens is 1. The minimum absolute atomic E-state index is 0.367. The maximum absolute atomic E-state index is 12.6. The maximum atomic E-state index is 12.6. The molecule has 3 unspecified atom stereocenters. The van der Waals surface area contributed by atoms with Gasteiger partial charge in [0, 0.05) is 43.4 Å². The van der Waals surface area contributed by atoms with Gasteiger partial charge in [-0.2, -0.15) is 0 Å². The minimum atomic E-state index is -0.681. The van der Waals surface area contributed by atoms with E-state index in [1.165, 1.54) is 6.92 Å². The van der Waals surface area contributed by atoms with Crippen molar-refractivity contribution in [2.24, 2.45) is 0 Å². The predicted molar refractivity (Wildman–Crippen MR) is 166 cm³/mol.